The van der Waals surface area contributed by atoms with Crippen LogP contribution in [0.4, 0.5) is 5.69 Å². The van der Waals surface area contributed by atoms with Gasteiger partial charge in [-0.1, -0.05) is 11.2 Å². The van der Waals surface area contributed by atoms with Gasteiger partial charge in [-0.15, -0.1) is 11.6 Å². The zero-order valence-corrected chi connectivity index (χ0v) is 15.0. The van der Waals surface area contributed by atoms with Crippen LogP contribution in [0.15, 0.2) is 41.6 Å². The molecule has 1 heterocycles. The fraction of sp³-hybridized carbons (Fsp3) is 0.263. The lowest BCUT2D eigenvalue weighted by Crippen LogP contribution is -2.00. The van der Waals surface area contributed by atoms with E-state index < -0.39 is 5.97 Å². The third-order valence-corrected chi connectivity index (χ3v) is 4.40. The Balaban J connectivity index is 2.18. The summed E-state index contributed by atoms with van der Waals surface area (Å²) in [5.41, 5.74) is 10.5. The average Bonchev–Trinajstić information content (AvgIpc) is 2.90. The smallest absolute Gasteiger partial charge is 0.331 e. The largest absolute Gasteiger partial charge is 0.399 e. The Morgan fingerprint density at radius 2 is 1.84 bits per heavy atom. The Kier molecular flexibility index (Phi) is 4.95. The lowest BCUT2D eigenvalue weighted by Gasteiger charge is -2.06. The first kappa shape index (κ1) is 17.3. The minimum Gasteiger partial charge on any atom is -0.399 e. The number of hydrogen-bond donors (Lipinski definition) is 1. The van der Waals surface area contributed by atoms with E-state index in [0.717, 1.165) is 46.0 Å². The van der Waals surface area contributed by atoms with Crippen LogP contribution in [0.2, 0.25) is 0 Å². The number of carbonyl (C=O) groups is 1. The molecule has 3 rings (SSSR count). The van der Waals surface area contributed by atoms with Crippen molar-refractivity contribution in [2.24, 2.45) is 5.16 Å². The van der Waals surface area contributed by atoms with Gasteiger partial charge in [0, 0.05) is 46.8 Å². The number of nitrogens with zero attached hydrogens (tertiary/aromatic N) is 2. The lowest BCUT2D eigenvalue weighted by atomic mass is 10.1. The number of oxime groups is 1. The van der Waals surface area contributed by atoms with E-state index in [1.165, 1.54) is 6.92 Å². The molecule has 0 fully saturated rings. The van der Waals surface area contributed by atoms with Crippen molar-refractivity contribution in [2.75, 3.05) is 11.6 Å². The van der Waals surface area contributed by atoms with Gasteiger partial charge < -0.3 is 15.1 Å². The number of hydrogen-bond acceptors (Lipinski definition) is 4. The maximum atomic E-state index is 11.0. The second-order valence-corrected chi connectivity index (χ2v) is 6.34. The number of anilines is 1. The quantitative estimate of drug-likeness (QED) is 0.243. The number of aryl methyl sites for hydroxylation is 1. The van der Waals surface area contributed by atoms with Gasteiger partial charge in [-0.25, -0.2) is 4.79 Å². The van der Waals surface area contributed by atoms with E-state index in [4.69, 9.17) is 22.2 Å². The predicted molar refractivity (Wildman–Crippen MR) is 103 cm³/mol. The number of aromatic nitrogens is 1. The van der Waals surface area contributed by atoms with Gasteiger partial charge in [0.25, 0.3) is 0 Å². The van der Waals surface area contributed by atoms with Crippen LogP contribution in [-0.2, 0) is 16.2 Å². The second-order valence-electron chi connectivity index (χ2n) is 5.96. The Labute approximate surface area is 151 Å². The number of fused-ring (bicyclic) bond motifs is 3. The normalized spacial score (nSPS) is 12.0. The Morgan fingerprint density at radius 1 is 1.16 bits per heavy atom. The van der Waals surface area contributed by atoms with Crippen LogP contribution in [0.3, 0.4) is 0 Å². The molecule has 0 amide bonds. The highest BCUT2D eigenvalue weighted by Gasteiger charge is 2.12. The van der Waals surface area contributed by atoms with Crippen molar-refractivity contribution in [1.82, 2.24) is 4.57 Å². The summed E-state index contributed by atoms with van der Waals surface area (Å²) in [6.07, 6.45) is 0.888. The third-order valence-electron chi connectivity index (χ3n) is 4.13. The molecule has 0 atom stereocenters. The highest BCUT2D eigenvalue weighted by Crippen LogP contribution is 2.31. The summed E-state index contributed by atoms with van der Waals surface area (Å²) in [5.74, 6) is 0.174. The number of benzene rings is 2. The Morgan fingerprint density at radius 3 is 2.52 bits per heavy atom. The number of carbonyl (C=O) groups excluding carboxylic acids is 1. The number of halogens is 1. The summed E-state index contributed by atoms with van der Waals surface area (Å²) in [4.78, 5) is 15.7. The van der Waals surface area contributed by atoms with Crippen LogP contribution in [0.1, 0.15) is 25.8 Å². The molecule has 0 aliphatic heterocycles. The van der Waals surface area contributed by atoms with Gasteiger partial charge in [0.15, 0.2) is 0 Å². The first-order chi connectivity index (χ1) is 12.0. The molecule has 2 N–H and O–H groups in total. The maximum Gasteiger partial charge on any atom is 0.331 e. The summed E-state index contributed by atoms with van der Waals surface area (Å²) in [5, 5.41) is 6.05. The standard InChI is InChI=1S/C19H20ClN3O2/c1-12(22-25-13(2)24)14-4-6-18-16(10-14)17-11-15(21)5-7-19(17)23(18)9-3-8-20/h4-7,10-11H,3,8-9,21H2,1-2H3/b22-12+. The molecule has 0 saturated carbocycles. The summed E-state index contributed by atoms with van der Waals surface area (Å²) in [6.45, 7) is 3.98. The second kappa shape index (κ2) is 7.15. The van der Waals surface area contributed by atoms with Gasteiger partial charge in [-0.2, -0.15) is 0 Å². The molecule has 0 aliphatic rings. The molecule has 6 heteroatoms. The Bertz CT molecular complexity index is 976. The minimum atomic E-state index is -0.439. The molecule has 0 unspecified atom stereocenters. The molecule has 0 radical (unpaired) electrons. The highest BCUT2D eigenvalue weighted by atomic mass is 35.5. The molecular weight excluding hydrogens is 338 g/mol. The van der Waals surface area contributed by atoms with Gasteiger partial charge in [0.1, 0.15) is 0 Å². The van der Waals surface area contributed by atoms with Crippen LogP contribution in [-0.4, -0.2) is 22.1 Å². The SMILES string of the molecule is CC(=O)O/N=C(\C)c1ccc2c(c1)c1cc(N)ccc1n2CCCCl. The van der Waals surface area contributed by atoms with Gasteiger partial charge in [-0.3, -0.25) is 0 Å². The molecule has 3 aromatic rings. The minimum absolute atomic E-state index is 0.439. The number of rotatable bonds is 5. The first-order valence-corrected chi connectivity index (χ1v) is 8.64. The van der Waals surface area contributed by atoms with E-state index >= 15 is 0 Å². The zero-order valence-electron chi connectivity index (χ0n) is 14.3. The number of alkyl halides is 1. The van der Waals surface area contributed by atoms with E-state index in [2.05, 4.69) is 21.9 Å². The van der Waals surface area contributed by atoms with E-state index in [-0.39, 0.29) is 0 Å². The summed E-state index contributed by atoms with van der Waals surface area (Å²) in [6, 6.07) is 12.0. The topological polar surface area (TPSA) is 69.6 Å². The highest BCUT2D eigenvalue weighted by molar-refractivity contribution is 6.17. The maximum absolute atomic E-state index is 11.0. The molecule has 0 aliphatic carbocycles. The van der Waals surface area contributed by atoms with Crippen LogP contribution in [0, 0.1) is 0 Å². The Hall–Kier alpha value is -2.53. The zero-order chi connectivity index (χ0) is 18.0. The van der Waals surface area contributed by atoms with Crippen molar-refractivity contribution >= 4 is 50.8 Å². The average molecular weight is 358 g/mol. The van der Waals surface area contributed by atoms with Crippen molar-refractivity contribution in [1.29, 1.82) is 0 Å². The fourth-order valence-electron chi connectivity index (χ4n) is 2.99. The molecule has 1 aromatic heterocycles. The van der Waals surface area contributed by atoms with E-state index in [9.17, 15) is 4.79 Å². The monoisotopic (exact) mass is 357 g/mol. The van der Waals surface area contributed by atoms with Gasteiger partial charge in [0.2, 0.25) is 0 Å². The van der Waals surface area contributed by atoms with E-state index in [0.29, 0.717) is 11.6 Å². The molecule has 0 saturated heterocycles. The van der Waals surface area contributed by atoms with Crippen molar-refractivity contribution in [2.45, 2.75) is 26.8 Å². The van der Waals surface area contributed by atoms with Crippen LogP contribution >= 0.6 is 11.6 Å². The molecule has 0 spiro atoms. The molecule has 25 heavy (non-hydrogen) atoms. The third kappa shape index (κ3) is 3.46. The number of nitrogen functional groups attached to an aromatic ring is 1. The fourth-order valence-corrected chi connectivity index (χ4v) is 3.11. The number of nitrogens with two attached hydrogens (primary N) is 1. The van der Waals surface area contributed by atoms with E-state index in [1.54, 1.807) is 0 Å². The lowest BCUT2D eigenvalue weighted by molar-refractivity contribution is -0.140. The van der Waals surface area contributed by atoms with E-state index in [1.807, 2.05) is 31.2 Å². The predicted octanol–water partition coefficient (Wildman–Crippen LogP) is 4.29. The van der Waals surface area contributed by atoms with Crippen LogP contribution in [0.25, 0.3) is 21.8 Å². The first-order valence-electron chi connectivity index (χ1n) is 8.11. The van der Waals surface area contributed by atoms with Gasteiger partial charge in [-0.05, 0) is 49.2 Å². The van der Waals surface area contributed by atoms with Crippen molar-refractivity contribution in [3.8, 4) is 0 Å². The van der Waals surface area contributed by atoms with Crippen molar-refractivity contribution in [3.05, 3.63) is 42.0 Å². The molecule has 130 valence electrons. The van der Waals surface area contributed by atoms with Crippen LogP contribution in [0.5, 0.6) is 0 Å². The molecule has 2 aromatic carbocycles. The van der Waals surface area contributed by atoms with Crippen molar-refractivity contribution < 1.29 is 9.63 Å². The summed E-state index contributed by atoms with van der Waals surface area (Å²) >= 11 is 5.88. The van der Waals surface area contributed by atoms with Crippen LogP contribution < -0.4 is 5.73 Å². The summed E-state index contributed by atoms with van der Waals surface area (Å²) in [7, 11) is 0. The molecule has 0 bridgehead atoms. The van der Waals surface area contributed by atoms with Gasteiger partial charge >= 0.3 is 5.97 Å². The summed E-state index contributed by atoms with van der Waals surface area (Å²) < 4.78 is 2.26. The molecule has 5 nitrogen and oxygen atoms in total. The van der Waals surface area contributed by atoms with Gasteiger partial charge in [0.05, 0.1) is 5.71 Å². The molecular formula is C19H20ClN3O2. The van der Waals surface area contributed by atoms with Crippen molar-refractivity contribution in [3.63, 3.8) is 0 Å².